The van der Waals surface area contributed by atoms with Gasteiger partial charge in [0.05, 0.1) is 25.2 Å². The molecule has 9 atom stereocenters. The Hall–Kier alpha value is -0.910. The van der Waals surface area contributed by atoms with Crippen LogP contribution in [0.4, 0.5) is 0 Å². The molecular formula is C39H74O9. The summed E-state index contributed by atoms with van der Waals surface area (Å²) < 4.78 is 11.1. The average Bonchev–Trinajstić information content (AvgIpc) is 3.07. The van der Waals surface area contributed by atoms with Gasteiger partial charge in [0, 0.05) is 0 Å². The van der Waals surface area contributed by atoms with E-state index in [1.807, 2.05) is 6.08 Å². The first-order valence-electron chi connectivity index (χ1n) is 19.5. The maximum absolute atomic E-state index is 13.4. The maximum atomic E-state index is 13.4. The van der Waals surface area contributed by atoms with Crippen LogP contribution in [0.2, 0.25) is 0 Å². The molecule has 0 aliphatic carbocycles. The minimum atomic E-state index is -1.62. The van der Waals surface area contributed by atoms with Crippen molar-refractivity contribution < 1.29 is 44.9 Å². The van der Waals surface area contributed by atoms with Crippen molar-refractivity contribution in [2.24, 2.45) is 17.8 Å². The first-order valence-corrected chi connectivity index (χ1v) is 19.5. The van der Waals surface area contributed by atoms with Crippen LogP contribution >= 0.6 is 0 Å². The second kappa shape index (κ2) is 27.8. The molecule has 284 valence electrons. The summed E-state index contributed by atoms with van der Waals surface area (Å²) in [6.07, 6.45) is 15.7. The fourth-order valence-corrected chi connectivity index (χ4v) is 6.31. The van der Waals surface area contributed by atoms with Crippen molar-refractivity contribution in [2.45, 2.75) is 199 Å². The van der Waals surface area contributed by atoms with E-state index in [0.717, 1.165) is 50.4 Å². The Kier molecular flexibility index (Phi) is 26.1. The third kappa shape index (κ3) is 19.5. The summed E-state index contributed by atoms with van der Waals surface area (Å²) in [5, 5.41) is 61.9. The number of ether oxygens (including phenoxy) is 2. The Labute approximate surface area is 292 Å². The summed E-state index contributed by atoms with van der Waals surface area (Å²) in [5.41, 5.74) is 0. The van der Waals surface area contributed by atoms with Gasteiger partial charge in [0.25, 0.3) is 0 Å². The highest BCUT2D eigenvalue weighted by Crippen LogP contribution is 2.24. The number of aliphatic hydroxyl groups is 6. The highest BCUT2D eigenvalue weighted by Gasteiger charge is 2.44. The summed E-state index contributed by atoms with van der Waals surface area (Å²) in [6, 6.07) is 0. The summed E-state index contributed by atoms with van der Waals surface area (Å²) in [4.78, 5) is 13.4. The van der Waals surface area contributed by atoms with E-state index >= 15 is 0 Å². The van der Waals surface area contributed by atoms with Crippen LogP contribution in [0.15, 0.2) is 12.2 Å². The number of carbonyl (C=O) groups is 1. The van der Waals surface area contributed by atoms with Crippen LogP contribution in [0.1, 0.15) is 156 Å². The van der Waals surface area contributed by atoms with Crippen LogP contribution in [0, 0.1) is 17.8 Å². The molecule has 48 heavy (non-hydrogen) atoms. The molecule has 0 amide bonds. The molecule has 6 N–H and O–H groups in total. The van der Waals surface area contributed by atoms with Crippen molar-refractivity contribution in [2.75, 3.05) is 13.2 Å². The molecular weight excluding hydrogens is 612 g/mol. The number of carbonyl (C=O) groups excluding carboxylic acids is 1. The maximum Gasteiger partial charge on any atom is 0.186 e. The second-order valence-corrected chi connectivity index (χ2v) is 14.8. The normalized spacial score (nSPS) is 24.3. The van der Waals surface area contributed by atoms with Gasteiger partial charge in [-0.25, -0.2) is 0 Å². The molecule has 0 aromatic rings. The SMILES string of the molecule is CCC(C)CCCCCCCCC/C=C/[C@@H](O)[C@H](CO[C@@H]1O[C@H](CO)[C@H](O)[C@H](O)[C@H]1O)C(=O)[C@H](O)CCCCCCCCCCC(C)C. The zero-order chi connectivity index (χ0) is 35.7. The van der Waals surface area contributed by atoms with Gasteiger partial charge in [-0.1, -0.05) is 149 Å². The first kappa shape index (κ1) is 45.1. The molecule has 0 aromatic heterocycles. The quantitative estimate of drug-likeness (QED) is 0.0373. The van der Waals surface area contributed by atoms with E-state index in [1.165, 1.54) is 77.0 Å². The zero-order valence-corrected chi connectivity index (χ0v) is 30.9. The van der Waals surface area contributed by atoms with Crippen LogP contribution in [0.25, 0.3) is 0 Å². The predicted octanol–water partition coefficient (Wildman–Crippen LogP) is 6.38. The van der Waals surface area contributed by atoms with Gasteiger partial charge in [-0.3, -0.25) is 4.79 Å². The Morgan fingerprint density at radius 1 is 0.729 bits per heavy atom. The third-order valence-corrected chi connectivity index (χ3v) is 10.0. The van der Waals surface area contributed by atoms with E-state index in [-0.39, 0.29) is 13.0 Å². The Morgan fingerprint density at radius 3 is 1.79 bits per heavy atom. The van der Waals surface area contributed by atoms with E-state index in [9.17, 15) is 35.4 Å². The molecule has 0 spiro atoms. The summed E-state index contributed by atoms with van der Waals surface area (Å²) in [7, 11) is 0. The molecule has 1 fully saturated rings. The largest absolute Gasteiger partial charge is 0.394 e. The minimum Gasteiger partial charge on any atom is -0.394 e. The highest BCUT2D eigenvalue weighted by atomic mass is 16.7. The van der Waals surface area contributed by atoms with Gasteiger partial charge in [-0.2, -0.15) is 0 Å². The van der Waals surface area contributed by atoms with E-state index < -0.39 is 61.2 Å². The van der Waals surface area contributed by atoms with Gasteiger partial charge < -0.3 is 40.1 Å². The van der Waals surface area contributed by atoms with Crippen molar-refractivity contribution >= 4 is 5.78 Å². The van der Waals surface area contributed by atoms with E-state index in [2.05, 4.69) is 27.7 Å². The van der Waals surface area contributed by atoms with E-state index in [4.69, 9.17) is 9.47 Å². The fraction of sp³-hybridized carbons (Fsp3) is 0.923. The molecule has 9 heteroatoms. The summed E-state index contributed by atoms with van der Waals surface area (Å²) in [5.74, 6) is -0.0904. The standard InChI is InChI=1S/C39H74O9/c1-5-30(4)24-20-16-12-7-6-8-13-17-21-25-32(41)31(28-47-39-38(46)37(45)36(44)34(27-40)48-39)35(43)33(42)26-22-18-14-10-9-11-15-19-23-29(2)3/h21,25,29-34,36-42,44-46H,5-20,22-24,26-28H2,1-4H3/b25-21+/t30?,31-,32+,33+,34+,36-,37-,38+,39+/m0/s1. The number of rotatable bonds is 30. The number of ketones is 1. The Morgan fingerprint density at radius 2 is 1.25 bits per heavy atom. The number of hydrogen-bond acceptors (Lipinski definition) is 9. The molecule has 0 radical (unpaired) electrons. The second-order valence-electron chi connectivity index (χ2n) is 14.8. The smallest absolute Gasteiger partial charge is 0.186 e. The van der Waals surface area contributed by atoms with Crippen molar-refractivity contribution in [3.05, 3.63) is 12.2 Å². The number of unbranched alkanes of at least 4 members (excludes halogenated alkanes) is 14. The van der Waals surface area contributed by atoms with Gasteiger partial charge in [-0.15, -0.1) is 0 Å². The number of allylic oxidation sites excluding steroid dienone is 1. The van der Waals surface area contributed by atoms with Gasteiger partial charge >= 0.3 is 0 Å². The average molecular weight is 687 g/mol. The summed E-state index contributed by atoms with van der Waals surface area (Å²) >= 11 is 0. The molecule has 1 unspecified atom stereocenters. The van der Waals surface area contributed by atoms with Gasteiger partial charge in [0.1, 0.15) is 30.5 Å². The topological polar surface area (TPSA) is 157 Å². The monoisotopic (exact) mass is 687 g/mol. The highest BCUT2D eigenvalue weighted by molar-refractivity contribution is 5.86. The van der Waals surface area contributed by atoms with Crippen molar-refractivity contribution in [3.8, 4) is 0 Å². The molecule has 1 rings (SSSR count). The van der Waals surface area contributed by atoms with Crippen LogP contribution < -0.4 is 0 Å². The lowest BCUT2D eigenvalue weighted by Gasteiger charge is -2.40. The number of Topliss-reactive ketones (excluding diaryl/α,β-unsaturated/α-hetero) is 1. The molecule has 1 aliphatic rings. The van der Waals surface area contributed by atoms with Crippen molar-refractivity contribution in [1.29, 1.82) is 0 Å². The third-order valence-electron chi connectivity index (χ3n) is 10.0. The van der Waals surface area contributed by atoms with Crippen LogP contribution in [-0.4, -0.2) is 92.5 Å². The fourth-order valence-electron chi connectivity index (χ4n) is 6.31. The van der Waals surface area contributed by atoms with Gasteiger partial charge in [0.15, 0.2) is 12.1 Å². The van der Waals surface area contributed by atoms with Crippen LogP contribution in [0.3, 0.4) is 0 Å². The van der Waals surface area contributed by atoms with Crippen LogP contribution in [-0.2, 0) is 14.3 Å². The molecule has 0 saturated carbocycles. The molecule has 1 aliphatic heterocycles. The van der Waals surface area contributed by atoms with E-state index in [1.54, 1.807) is 6.08 Å². The molecule has 0 aromatic carbocycles. The van der Waals surface area contributed by atoms with Gasteiger partial charge in [0.2, 0.25) is 0 Å². The Bertz CT molecular complexity index is 804. The van der Waals surface area contributed by atoms with Crippen molar-refractivity contribution in [1.82, 2.24) is 0 Å². The van der Waals surface area contributed by atoms with Gasteiger partial charge in [-0.05, 0) is 31.1 Å². The minimum absolute atomic E-state index is 0.290. The lowest BCUT2D eigenvalue weighted by atomic mass is 9.91. The van der Waals surface area contributed by atoms with Crippen molar-refractivity contribution in [3.63, 3.8) is 0 Å². The first-order chi connectivity index (χ1) is 23.0. The number of aliphatic hydroxyl groups excluding tert-OH is 6. The van der Waals surface area contributed by atoms with E-state index in [0.29, 0.717) is 6.42 Å². The number of hydrogen-bond donors (Lipinski definition) is 6. The predicted molar refractivity (Wildman–Crippen MR) is 191 cm³/mol. The van der Waals surface area contributed by atoms with Crippen LogP contribution in [0.5, 0.6) is 0 Å². The summed E-state index contributed by atoms with van der Waals surface area (Å²) in [6.45, 7) is 8.10. The molecule has 9 nitrogen and oxygen atoms in total. The molecule has 1 saturated heterocycles. The lowest BCUT2D eigenvalue weighted by Crippen LogP contribution is -2.59. The zero-order valence-electron chi connectivity index (χ0n) is 30.9. The Balaban J connectivity index is 2.57. The lowest BCUT2D eigenvalue weighted by molar-refractivity contribution is -0.303. The molecule has 1 heterocycles. The molecule has 0 bridgehead atoms.